The van der Waals surface area contributed by atoms with Crippen LogP contribution in [0, 0.1) is 0 Å². The van der Waals surface area contributed by atoms with E-state index in [1.165, 1.54) is 28.0 Å². The molecule has 3 aromatic rings. The second-order valence-corrected chi connectivity index (χ2v) is 10.5. The van der Waals surface area contributed by atoms with Gasteiger partial charge in [0.05, 0.1) is 36.8 Å². The molecule has 1 aliphatic carbocycles. The Kier molecular flexibility index (Phi) is 7.54. The zero-order valence-corrected chi connectivity index (χ0v) is 21.2. The van der Waals surface area contributed by atoms with Gasteiger partial charge >= 0.3 is 5.97 Å². The number of ether oxygens (including phenoxy) is 2. The van der Waals surface area contributed by atoms with Crippen LogP contribution in [0.1, 0.15) is 53.4 Å². The Morgan fingerprint density at radius 3 is 2.94 bits per heavy atom. The summed E-state index contributed by atoms with van der Waals surface area (Å²) in [5.74, 6) is 0.797. The van der Waals surface area contributed by atoms with Crippen molar-refractivity contribution in [3.05, 3.63) is 34.4 Å². The van der Waals surface area contributed by atoms with E-state index in [1.54, 1.807) is 13.2 Å². The van der Waals surface area contributed by atoms with Crippen molar-refractivity contribution in [3.63, 3.8) is 0 Å². The number of thioether (sulfide) groups is 1. The van der Waals surface area contributed by atoms with Gasteiger partial charge in [-0.2, -0.15) is 0 Å². The number of fused-ring (bicyclic) bond motifs is 1. The number of nitrogens with zero attached hydrogens (tertiary/aromatic N) is 3. The molecule has 1 saturated heterocycles. The number of carbonyl (C=O) groups excluding carboxylic acids is 2. The third-order valence-corrected chi connectivity index (χ3v) is 8.28. The van der Waals surface area contributed by atoms with E-state index in [4.69, 9.17) is 13.9 Å². The van der Waals surface area contributed by atoms with Gasteiger partial charge in [0.15, 0.2) is 10.9 Å². The Bertz CT molecular complexity index is 1180. The molecular weight excluding hydrogens is 488 g/mol. The second kappa shape index (κ2) is 11.0. The monoisotopic (exact) mass is 516 g/mol. The molecule has 1 amide bonds. The first-order valence-electron chi connectivity index (χ1n) is 12.0. The van der Waals surface area contributed by atoms with Gasteiger partial charge in [-0.15, -0.1) is 21.5 Å². The number of nitrogens with one attached hydrogen (secondary N) is 1. The van der Waals surface area contributed by atoms with E-state index in [9.17, 15) is 9.59 Å². The fourth-order valence-electron chi connectivity index (χ4n) is 4.51. The van der Waals surface area contributed by atoms with Crippen LogP contribution < -0.4 is 5.32 Å². The summed E-state index contributed by atoms with van der Waals surface area (Å²) in [5.41, 5.74) is 1.55. The van der Waals surface area contributed by atoms with Crippen molar-refractivity contribution < 1.29 is 23.5 Å². The standard InChI is InChI=1S/C24H28N4O5S2/c1-2-31-23(30)20-16-8-3-4-10-18(16)35-22(20)25-19(29)14-34-24-27-26-21(17-9-6-12-33-17)28(24)13-15-7-5-11-32-15/h6,9,12,15H,2-5,7-8,10-11,13-14H2,1H3,(H,25,29). The summed E-state index contributed by atoms with van der Waals surface area (Å²) in [6.45, 7) is 3.43. The summed E-state index contributed by atoms with van der Waals surface area (Å²) in [5, 5.41) is 12.8. The molecule has 1 atom stereocenters. The molecule has 0 saturated carbocycles. The van der Waals surface area contributed by atoms with Crippen LogP contribution in [0.25, 0.3) is 11.6 Å². The molecule has 1 N–H and O–H groups in total. The van der Waals surface area contributed by atoms with E-state index < -0.39 is 0 Å². The van der Waals surface area contributed by atoms with Crippen molar-refractivity contribution in [2.24, 2.45) is 0 Å². The normalized spacial score (nSPS) is 17.3. The van der Waals surface area contributed by atoms with E-state index in [0.29, 0.717) is 40.5 Å². The number of carbonyl (C=O) groups is 2. The van der Waals surface area contributed by atoms with Crippen LogP contribution in [0.3, 0.4) is 0 Å². The summed E-state index contributed by atoms with van der Waals surface area (Å²) in [4.78, 5) is 26.8. The van der Waals surface area contributed by atoms with Crippen molar-refractivity contribution in [1.29, 1.82) is 0 Å². The molecule has 0 aromatic carbocycles. The summed E-state index contributed by atoms with van der Waals surface area (Å²) >= 11 is 2.79. The highest BCUT2D eigenvalue weighted by Crippen LogP contribution is 2.39. The van der Waals surface area contributed by atoms with Gasteiger partial charge in [-0.05, 0) is 63.1 Å². The molecule has 2 aliphatic rings. The van der Waals surface area contributed by atoms with Gasteiger partial charge in [0.2, 0.25) is 11.7 Å². The average Bonchev–Trinajstić information content (AvgIpc) is 3.65. The van der Waals surface area contributed by atoms with Gasteiger partial charge in [0.1, 0.15) is 5.00 Å². The molecule has 3 aromatic heterocycles. The smallest absolute Gasteiger partial charge is 0.341 e. The average molecular weight is 517 g/mol. The van der Waals surface area contributed by atoms with Gasteiger partial charge in [-0.1, -0.05) is 11.8 Å². The number of aryl methyl sites for hydroxylation is 1. The van der Waals surface area contributed by atoms with Crippen molar-refractivity contribution in [2.45, 2.75) is 63.3 Å². The maximum Gasteiger partial charge on any atom is 0.341 e. The van der Waals surface area contributed by atoms with Crippen LogP contribution >= 0.6 is 23.1 Å². The first kappa shape index (κ1) is 24.1. The zero-order chi connectivity index (χ0) is 24.2. The Morgan fingerprint density at radius 1 is 1.29 bits per heavy atom. The molecule has 11 heteroatoms. The van der Waals surface area contributed by atoms with Crippen LogP contribution in [0.2, 0.25) is 0 Å². The number of anilines is 1. The van der Waals surface area contributed by atoms with Crippen LogP contribution in [-0.4, -0.2) is 51.7 Å². The zero-order valence-electron chi connectivity index (χ0n) is 19.6. The quantitative estimate of drug-likeness (QED) is 0.326. The Balaban J connectivity index is 1.31. The van der Waals surface area contributed by atoms with E-state index in [1.807, 2.05) is 16.7 Å². The van der Waals surface area contributed by atoms with Crippen LogP contribution in [0.15, 0.2) is 28.0 Å². The third-order valence-electron chi connectivity index (χ3n) is 6.10. The van der Waals surface area contributed by atoms with E-state index in [2.05, 4.69) is 15.5 Å². The van der Waals surface area contributed by atoms with Gasteiger partial charge in [-0.3, -0.25) is 9.36 Å². The lowest BCUT2D eigenvalue weighted by atomic mass is 9.95. The molecule has 0 spiro atoms. The topological polar surface area (TPSA) is 108 Å². The van der Waals surface area contributed by atoms with Gasteiger partial charge in [-0.25, -0.2) is 4.79 Å². The number of esters is 1. The maximum atomic E-state index is 12.9. The number of furan rings is 1. The van der Waals surface area contributed by atoms with Crippen molar-refractivity contribution in [1.82, 2.24) is 14.8 Å². The Morgan fingerprint density at radius 2 is 2.17 bits per heavy atom. The molecule has 186 valence electrons. The van der Waals surface area contributed by atoms with E-state index in [0.717, 1.165) is 50.7 Å². The Hall–Kier alpha value is -2.63. The predicted octanol–water partition coefficient (Wildman–Crippen LogP) is 4.56. The second-order valence-electron chi connectivity index (χ2n) is 8.50. The fourth-order valence-corrected chi connectivity index (χ4v) is 6.55. The van der Waals surface area contributed by atoms with Crippen LogP contribution in [0.5, 0.6) is 0 Å². The first-order valence-corrected chi connectivity index (χ1v) is 13.8. The maximum absolute atomic E-state index is 12.9. The van der Waals surface area contributed by atoms with Crippen LogP contribution in [0.4, 0.5) is 5.00 Å². The molecule has 4 heterocycles. The van der Waals surface area contributed by atoms with E-state index >= 15 is 0 Å². The third kappa shape index (κ3) is 5.31. The van der Waals surface area contributed by atoms with E-state index in [-0.39, 0.29) is 23.7 Å². The molecule has 5 rings (SSSR count). The molecule has 1 aliphatic heterocycles. The molecule has 9 nitrogen and oxygen atoms in total. The van der Waals surface area contributed by atoms with Crippen LogP contribution in [-0.2, 0) is 33.7 Å². The number of hydrogen-bond donors (Lipinski definition) is 1. The minimum absolute atomic E-state index is 0.0810. The number of rotatable bonds is 9. The fraction of sp³-hybridized carbons (Fsp3) is 0.500. The molecule has 1 fully saturated rings. The molecule has 1 unspecified atom stereocenters. The minimum Gasteiger partial charge on any atom is -0.462 e. The highest BCUT2D eigenvalue weighted by atomic mass is 32.2. The number of thiophene rings is 1. The van der Waals surface area contributed by atoms with Crippen molar-refractivity contribution >= 4 is 40.0 Å². The van der Waals surface area contributed by atoms with Gasteiger partial charge < -0.3 is 19.2 Å². The highest BCUT2D eigenvalue weighted by molar-refractivity contribution is 7.99. The largest absolute Gasteiger partial charge is 0.462 e. The lowest BCUT2D eigenvalue weighted by Gasteiger charge is -2.14. The minimum atomic E-state index is -0.366. The van der Waals surface area contributed by atoms with Crippen molar-refractivity contribution in [3.8, 4) is 11.6 Å². The van der Waals surface area contributed by atoms with Gasteiger partial charge in [0.25, 0.3) is 0 Å². The predicted molar refractivity (Wildman–Crippen MR) is 133 cm³/mol. The Labute approximate surface area is 211 Å². The first-order chi connectivity index (χ1) is 17.1. The molecule has 0 radical (unpaired) electrons. The van der Waals surface area contributed by atoms with Crippen molar-refractivity contribution in [2.75, 3.05) is 24.3 Å². The summed E-state index contributed by atoms with van der Waals surface area (Å²) in [7, 11) is 0. The van der Waals surface area contributed by atoms with Gasteiger partial charge in [0, 0.05) is 11.5 Å². The SMILES string of the molecule is CCOC(=O)c1c(NC(=O)CSc2nnc(-c3ccco3)n2CC2CCCO2)sc2c1CCCC2. The lowest BCUT2D eigenvalue weighted by Crippen LogP contribution is -2.19. The highest BCUT2D eigenvalue weighted by Gasteiger charge is 2.28. The summed E-state index contributed by atoms with van der Waals surface area (Å²) < 4.78 is 18.6. The number of hydrogen-bond acceptors (Lipinski definition) is 9. The lowest BCUT2D eigenvalue weighted by molar-refractivity contribution is -0.113. The molecule has 0 bridgehead atoms. The molecular formula is C24H28N4O5S2. The summed E-state index contributed by atoms with van der Waals surface area (Å²) in [6, 6.07) is 3.65. The number of amides is 1. The number of aromatic nitrogens is 3. The molecule has 35 heavy (non-hydrogen) atoms. The summed E-state index contributed by atoms with van der Waals surface area (Å²) in [6.07, 6.45) is 7.59.